The lowest BCUT2D eigenvalue weighted by Gasteiger charge is -2.18. The van der Waals surface area contributed by atoms with Crippen LogP contribution in [0.3, 0.4) is 0 Å². The van der Waals surface area contributed by atoms with Gasteiger partial charge >= 0.3 is 0 Å². The Kier molecular flexibility index (Phi) is 3.96. The lowest BCUT2D eigenvalue weighted by molar-refractivity contribution is 0.0937. The number of aromatic nitrogens is 2. The highest BCUT2D eigenvalue weighted by Gasteiger charge is 2.34. The van der Waals surface area contributed by atoms with E-state index in [-0.39, 0.29) is 11.9 Å². The van der Waals surface area contributed by atoms with Crippen molar-refractivity contribution >= 4 is 17.0 Å². The number of nitrogens with one attached hydrogen (secondary N) is 1. The van der Waals surface area contributed by atoms with Crippen molar-refractivity contribution in [3.8, 4) is 0 Å². The lowest BCUT2D eigenvalue weighted by atomic mass is 10.0. The summed E-state index contributed by atoms with van der Waals surface area (Å²) < 4.78 is 5.53. The average Bonchev–Trinajstić information content (AvgIpc) is 3.63. The first-order valence-corrected chi connectivity index (χ1v) is 9.90. The van der Waals surface area contributed by atoms with Crippen LogP contribution in [0.25, 0.3) is 11.1 Å². The molecule has 0 aliphatic heterocycles. The molecular weight excluding hydrogens is 338 g/mol. The molecule has 1 amide bonds. The molecule has 5 heteroatoms. The van der Waals surface area contributed by atoms with Gasteiger partial charge in [-0.3, -0.25) is 4.79 Å². The van der Waals surface area contributed by atoms with Gasteiger partial charge in [-0.2, -0.15) is 0 Å². The Morgan fingerprint density at radius 1 is 1.19 bits per heavy atom. The molecule has 1 atom stereocenters. The number of carbonyl (C=O) groups is 1. The molecule has 0 spiro atoms. The van der Waals surface area contributed by atoms with Gasteiger partial charge in [-0.05, 0) is 43.7 Å². The summed E-state index contributed by atoms with van der Waals surface area (Å²) in [7, 11) is 0. The highest BCUT2D eigenvalue weighted by molar-refractivity contribution is 6.06. The van der Waals surface area contributed by atoms with Crippen LogP contribution >= 0.6 is 0 Å². The minimum absolute atomic E-state index is 0.0180. The third-order valence-electron chi connectivity index (χ3n) is 5.61. The van der Waals surface area contributed by atoms with E-state index in [0.717, 1.165) is 54.4 Å². The first kappa shape index (κ1) is 16.5. The fourth-order valence-electron chi connectivity index (χ4n) is 3.74. The number of carbonyl (C=O) groups excluding carboxylic acids is 1. The number of fused-ring (bicyclic) bond motifs is 1. The maximum Gasteiger partial charge on any atom is 0.259 e. The van der Waals surface area contributed by atoms with E-state index in [9.17, 15) is 4.79 Å². The summed E-state index contributed by atoms with van der Waals surface area (Å²) in [6, 6.07) is 12.1. The second kappa shape index (κ2) is 6.48. The van der Waals surface area contributed by atoms with Gasteiger partial charge in [0.1, 0.15) is 0 Å². The van der Waals surface area contributed by atoms with Crippen LogP contribution in [0.15, 0.2) is 40.9 Å². The van der Waals surface area contributed by atoms with Crippen molar-refractivity contribution < 1.29 is 9.32 Å². The summed E-state index contributed by atoms with van der Waals surface area (Å²) in [6.45, 7) is 2.09. The standard InChI is InChI=1S/C22H23N3O2/c1-2-17(13-6-4-3-5-7-13)23-21(26)16-12-18(14-8-9-14)24-22-19(16)20(25-27-22)15-10-11-15/h3-7,12,14-15,17H,2,8-11H2,1H3,(H,23,26). The molecule has 3 aromatic rings. The Morgan fingerprint density at radius 2 is 1.93 bits per heavy atom. The van der Waals surface area contributed by atoms with Crippen LogP contribution in [0, 0.1) is 0 Å². The second-order valence-corrected chi connectivity index (χ2v) is 7.74. The monoisotopic (exact) mass is 361 g/mol. The minimum Gasteiger partial charge on any atom is -0.345 e. The number of amides is 1. The summed E-state index contributed by atoms with van der Waals surface area (Å²) in [6.07, 6.45) is 5.30. The predicted octanol–water partition coefficient (Wildman–Crippen LogP) is 4.86. The topological polar surface area (TPSA) is 68.0 Å². The van der Waals surface area contributed by atoms with Crippen LogP contribution in [0.1, 0.15) is 84.2 Å². The summed E-state index contributed by atoms with van der Waals surface area (Å²) >= 11 is 0. The van der Waals surface area contributed by atoms with Crippen LogP contribution in [0.4, 0.5) is 0 Å². The highest BCUT2D eigenvalue weighted by atomic mass is 16.5. The molecule has 0 bridgehead atoms. The number of rotatable bonds is 6. The van der Waals surface area contributed by atoms with Crippen molar-refractivity contribution in [2.45, 2.75) is 56.9 Å². The van der Waals surface area contributed by atoms with E-state index in [2.05, 4.69) is 34.5 Å². The first-order chi connectivity index (χ1) is 13.2. The molecule has 0 radical (unpaired) electrons. The zero-order valence-electron chi connectivity index (χ0n) is 15.4. The van der Waals surface area contributed by atoms with Gasteiger partial charge in [0.25, 0.3) is 11.6 Å². The van der Waals surface area contributed by atoms with E-state index >= 15 is 0 Å². The Bertz CT molecular complexity index is 987. The molecule has 0 saturated heterocycles. The fourth-order valence-corrected chi connectivity index (χ4v) is 3.74. The lowest BCUT2D eigenvalue weighted by Crippen LogP contribution is -2.28. The molecule has 5 rings (SSSR count). The number of hydrogen-bond donors (Lipinski definition) is 1. The molecule has 5 nitrogen and oxygen atoms in total. The minimum atomic E-state index is -0.0647. The Balaban J connectivity index is 1.54. The maximum absolute atomic E-state index is 13.3. The van der Waals surface area contributed by atoms with Crippen molar-refractivity contribution in [2.24, 2.45) is 0 Å². The van der Waals surface area contributed by atoms with Crippen LogP contribution in [-0.4, -0.2) is 16.0 Å². The molecule has 138 valence electrons. The molecule has 2 aliphatic carbocycles. The first-order valence-electron chi connectivity index (χ1n) is 9.90. The van der Waals surface area contributed by atoms with E-state index in [0.29, 0.717) is 23.1 Å². The zero-order valence-corrected chi connectivity index (χ0v) is 15.4. The molecule has 2 fully saturated rings. The molecule has 1 N–H and O–H groups in total. The van der Waals surface area contributed by atoms with Gasteiger partial charge in [0.2, 0.25) is 0 Å². The zero-order chi connectivity index (χ0) is 18.4. The van der Waals surface area contributed by atoms with Crippen molar-refractivity contribution in [1.82, 2.24) is 15.5 Å². The SMILES string of the molecule is CCC(NC(=O)c1cc(C2CC2)nc2onc(C3CC3)c12)c1ccccc1. The van der Waals surface area contributed by atoms with Gasteiger partial charge in [-0.15, -0.1) is 0 Å². The van der Waals surface area contributed by atoms with Crippen LogP contribution in [-0.2, 0) is 0 Å². The number of benzene rings is 1. The van der Waals surface area contributed by atoms with Crippen molar-refractivity contribution in [1.29, 1.82) is 0 Å². The van der Waals surface area contributed by atoms with E-state index in [1.165, 1.54) is 0 Å². The third kappa shape index (κ3) is 3.11. The Morgan fingerprint density at radius 3 is 2.59 bits per heavy atom. The van der Waals surface area contributed by atoms with E-state index in [1.807, 2.05) is 24.3 Å². The number of pyridine rings is 1. The summed E-state index contributed by atoms with van der Waals surface area (Å²) in [5.74, 6) is 0.791. The Hall–Kier alpha value is -2.69. The van der Waals surface area contributed by atoms with Gasteiger partial charge in [-0.1, -0.05) is 42.4 Å². The number of nitrogens with zero attached hydrogens (tertiary/aromatic N) is 2. The van der Waals surface area contributed by atoms with Crippen LogP contribution in [0.5, 0.6) is 0 Å². The quantitative estimate of drug-likeness (QED) is 0.681. The van der Waals surface area contributed by atoms with Crippen LogP contribution in [0.2, 0.25) is 0 Å². The molecular formula is C22H23N3O2. The highest BCUT2D eigenvalue weighted by Crippen LogP contribution is 2.45. The smallest absolute Gasteiger partial charge is 0.259 e. The predicted molar refractivity (Wildman–Crippen MR) is 103 cm³/mol. The molecule has 2 aromatic heterocycles. The molecule has 2 aliphatic rings. The van der Waals surface area contributed by atoms with E-state index in [4.69, 9.17) is 4.52 Å². The third-order valence-corrected chi connectivity index (χ3v) is 5.61. The number of hydrogen-bond acceptors (Lipinski definition) is 4. The molecule has 1 aromatic carbocycles. The van der Waals surface area contributed by atoms with E-state index in [1.54, 1.807) is 0 Å². The summed E-state index contributed by atoms with van der Waals surface area (Å²) in [5, 5.41) is 8.29. The Labute approximate surface area is 158 Å². The molecule has 2 heterocycles. The second-order valence-electron chi connectivity index (χ2n) is 7.74. The molecule has 1 unspecified atom stereocenters. The largest absolute Gasteiger partial charge is 0.345 e. The maximum atomic E-state index is 13.3. The molecule has 2 saturated carbocycles. The van der Waals surface area contributed by atoms with Crippen LogP contribution < -0.4 is 5.32 Å². The van der Waals surface area contributed by atoms with Gasteiger partial charge in [-0.25, -0.2) is 4.98 Å². The summed E-state index contributed by atoms with van der Waals surface area (Å²) in [5.41, 5.74) is 4.16. The van der Waals surface area contributed by atoms with Gasteiger partial charge in [0.05, 0.1) is 22.7 Å². The van der Waals surface area contributed by atoms with Crippen molar-refractivity contribution in [3.63, 3.8) is 0 Å². The van der Waals surface area contributed by atoms with Crippen molar-refractivity contribution in [2.75, 3.05) is 0 Å². The summed E-state index contributed by atoms with van der Waals surface area (Å²) in [4.78, 5) is 17.9. The normalized spacial score (nSPS) is 17.8. The van der Waals surface area contributed by atoms with Gasteiger partial charge in [0.15, 0.2) is 0 Å². The van der Waals surface area contributed by atoms with Gasteiger partial charge in [0, 0.05) is 17.5 Å². The van der Waals surface area contributed by atoms with Crippen molar-refractivity contribution in [3.05, 3.63) is 58.9 Å². The fraction of sp³-hybridized carbons (Fsp3) is 0.409. The molecule has 27 heavy (non-hydrogen) atoms. The van der Waals surface area contributed by atoms with Gasteiger partial charge < -0.3 is 9.84 Å². The average molecular weight is 361 g/mol. The van der Waals surface area contributed by atoms with E-state index < -0.39 is 0 Å².